The summed E-state index contributed by atoms with van der Waals surface area (Å²) in [7, 11) is 0. The average molecular weight is 257 g/mol. The third-order valence-corrected chi connectivity index (χ3v) is 3.35. The molecule has 92 valence electrons. The molecule has 0 radical (unpaired) electrons. The number of carbonyl (C=O) groups excluding carboxylic acids is 1. The van der Waals surface area contributed by atoms with Crippen LogP contribution in [0.2, 0.25) is 0 Å². The molecule has 1 aliphatic rings. The van der Waals surface area contributed by atoms with Crippen molar-refractivity contribution in [1.29, 1.82) is 0 Å². The second kappa shape index (κ2) is 5.09. The molecule has 0 saturated carbocycles. The summed E-state index contributed by atoms with van der Waals surface area (Å²) in [6.07, 6.45) is 1.48. The Kier molecular flexibility index (Phi) is 3.52. The molecule has 1 unspecified atom stereocenters. The number of hydrogen-bond acceptors (Lipinski definition) is 5. The quantitative estimate of drug-likeness (QED) is 0.810. The summed E-state index contributed by atoms with van der Waals surface area (Å²) in [4.78, 5) is 23.9. The SMILES string of the molecule is O=C(O)C1CSCN1C(=O)NCc1ccno1. The molecule has 2 heterocycles. The predicted octanol–water partition coefficient (Wildman–Crippen LogP) is 0.344. The van der Waals surface area contributed by atoms with Crippen LogP contribution >= 0.6 is 11.8 Å². The minimum atomic E-state index is -0.982. The van der Waals surface area contributed by atoms with E-state index in [9.17, 15) is 9.59 Å². The van der Waals surface area contributed by atoms with E-state index in [-0.39, 0.29) is 6.54 Å². The highest BCUT2D eigenvalue weighted by Crippen LogP contribution is 2.20. The fourth-order valence-electron chi connectivity index (χ4n) is 1.44. The van der Waals surface area contributed by atoms with Crippen LogP contribution in [0.3, 0.4) is 0 Å². The maximum atomic E-state index is 11.7. The topological polar surface area (TPSA) is 95.7 Å². The summed E-state index contributed by atoms with van der Waals surface area (Å²) in [5.74, 6) is 0.353. The third-order valence-electron chi connectivity index (χ3n) is 2.33. The first-order valence-corrected chi connectivity index (χ1v) is 6.08. The van der Waals surface area contributed by atoms with Gasteiger partial charge >= 0.3 is 12.0 Å². The number of urea groups is 1. The molecular formula is C9H11N3O4S. The van der Waals surface area contributed by atoms with Crippen LogP contribution in [0.25, 0.3) is 0 Å². The molecule has 1 aliphatic heterocycles. The van der Waals surface area contributed by atoms with Crippen LogP contribution in [-0.4, -0.2) is 44.8 Å². The zero-order chi connectivity index (χ0) is 12.3. The minimum absolute atomic E-state index is 0.201. The van der Waals surface area contributed by atoms with Gasteiger partial charge in [-0.15, -0.1) is 11.8 Å². The zero-order valence-corrected chi connectivity index (χ0v) is 9.64. The Morgan fingerprint density at radius 1 is 1.71 bits per heavy atom. The molecule has 8 heteroatoms. The number of carbonyl (C=O) groups is 2. The second-order valence-electron chi connectivity index (χ2n) is 3.46. The Morgan fingerprint density at radius 2 is 2.53 bits per heavy atom. The van der Waals surface area contributed by atoms with E-state index in [0.29, 0.717) is 17.4 Å². The fraction of sp³-hybridized carbons (Fsp3) is 0.444. The number of rotatable bonds is 3. The van der Waals surface area contributed by atoms with Crippen molar-refractivity contribution in [2.45, 2.75) is 12.6 Å². The standard InChI is InChI=1S/C9H11N3O4S/c13-8(14)7-4-17-5-12(7)9(15)10-3-6-1-2-11-16-6/h1-2,7H,3-5H2,(H,10,15)(H,13,14). The number of amides is 2. The molecule has 2 N–H and O–H groups in total. The zero-order valence-electron chi connectivity index (χ0n) is 8.83. The van der Waals surface area contributed by atoms with Gasteiger partial charge in [-0.3, -0.25) is 0 Å². The number of nitrogens with one attached hydrogen (secondary N) is 1. The van der Waals surface area contributed by atoms with E-state index in [1.807, 2.05) is 0 Å². The Labute approximate surface area is 101 Å². The molecule has 17 heavy (non-hydrogen) atoms. The summed E-state index contributed by atoms with van der Waals surface area (Å²) in [5, 5.41) is 15.0. The van der Waals surface area contributed by atoms with Crippen LogP contribution in [0.1, 0.15) is 5.76 Å². The van der Waals surface area contributed by atoms with Crippen molar-refractivity contribution in [2.24, 2.45) is 0 Å². The van der Waals surface area contributed by atoms with Gasteiger partial charge in [-0.05, 0) is 0 Å². The lowest BCUT2D eigenvalue weighted by Gasteiger charge is -2.20. The van der Waals surface area contributed by atoms with Gasteiger partial charge in [0, 0.05) is 11.8 Å². The molecule has 1 fully saturated rings. The molecular weight excluding hydrogens is 246 g/mol. The minimum Gasteiger partial charge on any atom is -0.480 e. The van der Waals surface area contributed by atoms with Crippen molar-refractivity contribution < 1.29 is 19.2 Å². The van der Waals surface area contributed by atoms with E-state index in [2.05, 4.69) is 10.5 Å². The lowest BCUT2D eigenvalue weighted by molar-refractivity contribution is -0.140. The molecule has 1 aromatic rings. The fourth-order valence-corrected chi connectivity index (χ4v) is 2.59. The van der Waals surface area contributed by atoms with Crippen molar-refractivity contribution in [3.8, 4) is 0 Å². The summed E-state index contributed by atoms with van der Waals surface area (Å²) < 4.78 is 4.82. The van der Waals surface area contributed by atoms with Gasteiger partial charge in [-0.25, -0.2) is 9.59 Å². The van der Waals surface area contributed by atoms with Gasteiger partial charge in [0.1, 0.15) is 6.04 Å². The van der Waals surface area contributed by atoms with Crippen LogP contribution < -0.4 is 5.32 Å². The lowest BCUT2D eigenvalue weighted by Crippen LogP contribution is -2.46. The summed E-state index contributed by atoms with van der Waals surface area (Å²) >= 11 is 1.42. The maximum Gasteiger partial charge on any atom is 0.327 e. The van der Waals surface area contributed by atoms with Crippen molar-refractivity contribution in [3.63, 3.8) is 0 Å². The lowest BCUT2D eigenvalue weighted by atomic mass is 10.3. The second-order valence-corrected chi connectivity index (χ2v) is 4.46. The van der Waals surface area contributed by atoms with E-state index >= 15 is 0 Å². The Morgan fingerprint density at radius 3 is 3.18 bits per heavy atom. The monoisotopic (exact) mass is 257 g/mol. The molecule has 2 rings (SSSR count). The van der Waals surface area contributed by atoms with Crippen LogP contribution in [0.15, 0.2) is 16.8 Å². The Hall–Kier alpha value is -1.70. The molecule has 1 atom stereocenters. The van der Waals surface area contributed by atoms with Crippen LogP contribution in [-0.2, 0) is 11.3 Å². The number of carboxylic acids is 1. The van der Waals surface area contributed by atoms with Gasteiger partial charge in [0.25, 0.3) is 0 Å². The van der Waals surface area contributed by atoms with E-state index in [0.717, 1.165) is 0 Å². The number of aliphatic carboxylic acids is 1. The van der Waals surface area contributed by atoms with Crippen LogP contribution in [0.5, 0.6) is 0 Å². The van der Waals surface area contributed by atoms with Crippen molar-refractivity contribution in [2.75, 3.05) is 11.6 Å². The first-order valence-electron chi connectivity index (χ1n) is 4.93. The summed E-state index contributed by atoms with van der Waals surface area (Å²) in [6.45, 7) is 0.201. The number of nitrogens with zero attached hydrogens (tertiary/aromatic N) is 2. The number of hydrogen-bond donors (Lipinski definition) is 2. The highest BCUT2D eigenvalue weighted by molar-refractivity contribution is 7.99. The van der Waals surface area contributed by atoms with Crippen molar-refractivity contribution in [1.82, 2.24) is 15.4 Å². The molecule has 1 saturated heterocycles. The smallest absolute Gasteiger partial charge is 0.327 e. The summed E-state index contributed by atoms with van der Waals surface area (Å²) in [5.41, 5.74) is 0. The third kappa shape index (κ3) is 2.70. The average Bonchev–Trinajstić information content (AvgIpc) is 2.96. The Balaban J connectivity index is 1.89. The number of carboxylic acid groups (broad SMARTS) is 1. The molecule has 7 nitrogen and oxygen atoms in total. The first-order chi connectivity index (χ1) is 8.18. The number of aromatic nitrogens is 1. The normalized spacial score (nSPS) is 19.3. The van der Waals surface area contributed by atoms with Crippen molar-refractivity contribution >= 4 is 23.8 Å². The van der Waals surface area contributed by atoms with Gasteiger partial charge < -0.3 is 19.8 Å². The largest absolute Gasteiger partial charge is 0.480 e. The van der Waals surface area contributed by atoms with Gasteiger partial charge in [-0.1, -0.05) is 5.16 Å². The predicted molar refractivity (Wildman–Crippen MR) is 59.3 cm³/mol. The van der Waals surface area contributed by atoms with Gasteiger partial charge in [0.05, 0.1) is 18.6 Å². The van der Waals surface area contributed by atoms with Crippen molar-refractivity contribution in [3.05, 3.63) is 18.0 Å². The Bertz CT molecular complexity index is 408. The van der Waals surface area contributed by atoms with Crippen LogP contribution in [0.4, 0.5) is 4.79 Å². The molecule has 2 amide bonds. The molecule has 1 aromatic heterocycles. The maximum absolute atomic E-state index is 11.7. The molecule has 0 spiro atoms. The first kappa shape index (κ1) is 11.8. The van der Waals surface area contributed by atoms with E-state index in [4.69, 9.17) is 9.63 Å². The van der Waals surface area contributed by atoms with E-state index in [1.54, 1.807) is 6.07 Å². The highest BCUT2D eigenvalue weighted by atomic mass is 32.2. The number of thioether (sulfide) groups is 1. The summed E-state index contributed by atoms with van der Waals surface area (Å²) in [6, 6.07) is 0.474. The highest BCUT2D eigenvalue weighted by Gasteiger charge is 2.34. The van der Waals surface area contributed by atoms with Gasteiger partial charge in [0.2, 0.25) is 0 Å². The van der Waals surface area contributed by atoms with Crippen LogP contribution in [0, 0.1) is 0 Å². The van der Waals surface area contributed by atoms with E-state index < -0.39 is 18.0 Å². The van der Waals surface area contributed by atoms with E-state index in [1.165, 1.54) is 22.9 Å². The molecule has 0 aliphatic carbocycles. The molecule has 0 aromatic carbocycles. The molecule has 0 bridgehead atoms. The van der Waals surface area contributed by atoms with Gasteiger partial charge in [0.15, 0.2) is 5.76 Å². The van der Waals surface area contributed by atoms with Gasteiger partial charge in [-0.2, -0.15) is 0 Å².